The Kier molecular flexibility index (Phi) is 11.3. The van der Waals surface area contributed by atoms with E-state index in [9.17, 15) is 24.3 Å². The summed E-state index contributed by atoms with van der Waals surface area (Å²) in [6.45, 7) is 6.57. The minimum absolute atomic E-state index is 0.0971. The number of ether oxygens (including phenoxy) is 1. The monoisotopic (exact) mass is 756 g/mol. The maximum atomic E-state index is 13.0. The van der Waals surface area contributed by atoms with Gasteiger partial charge < -0.3 is 20.5 Å². The fourth-order valence-corrected chi connectivity index (χ4v) is 6.87. The Hall–Kier alpha value is -0.710. The molecule has 0 radical (unpaired) electrons. The topological polar surface area (TPSA) is 122 Å². The molecule has 0 spiro atoms. The number of nitrogens with one attached hydrogen (secondary N) is 2. The highest BCUT2D eigenvalue weighted by Crippen LogP contribution is 2.39. The second-order valence-electron chi connectivity index (χ2n) is 6.58. The van der Waals surface area contributed by atoms with Crippen LogP contribution in [-0.4, -0.2) is 35.0 Å². The van der Waals surface area contributed by atoms with Crippen LogP contribution < -0.4 is 10.6 Å². The SMILES string of the molecule is CCC(CC)CC(OC(=O)c1c(I)c(NC(C)=O)c(I)c(NC(C)=O)c1I)C(=O)O. The van der Waals surface area contributed by atoms with Crippen molar-refractivity contribution < 1.29 is 29.0 Å². The van der Waals surface area contributed by atoms with Crippen LogP contribution in [0.15, 0.2) is 0 Å². The average Bonchev–Trinajstić information content (AvgIpc) is 2.65. The van der Waals surface area contributed by atoms with Crippen molar-refractivity contribution in [1.29, 1.82) is 0 Å². The van der Waals surface area contributed by atoms with Crippen LogP contribution in [0.1, 0.15) is 57.3 Å². The Balaban J connectivity index is 3.49. The zero-order valence-electron chi connectivity index (χ0n) is 16.9. The quantitative estimate of drug-likeness (QED) is 0.245. The Labute approximate surface area is 216 Å². The van der Waals surface area contributed by atoms with Crippen LogP contribution in [0.25, 0.3) is 0 Å². The predicted molar refractivity (Wildman–Crippen MR) is 139 cm³/mol. The van der Waals surface area contributed by atoms with Crippen LogP contribution in [0.2, 0.25) is 0 Å². The summed E-state index contributed by atoms with van der Waals surface area (Å²) in [4.78, 5) is 48.1. The second-order valence-corrected chi connectivity index (χ2v) is 9.82. The highest BCUT2D eigenvalue weighted by Gasteiger charge is 2.31. The van der Waals surface area contributed by atoms with Crippen LogP contribution >= 0.6 is 67.8 Å². The van der Waals surface area contributed by atoms with E-state index in [1.54, 1.807) is 0 Å². The maximum Gasteiger partial charge on any atom is 0.345 e. The summed E-state index contributed by atoms with van der Waals surface area (Å²) < 4.78 is 6.74. The molecule has 1 unspecified atom stereocenters. The molecule has 1 aromatic rings. The van der Waals surface area contributed by atoms with Gasteiger partial charge in [0.2, 0.25) is 11.8 Å². The van der Waals surface area contributed by atoms with Crippen molar-refractivity contribution >= 4 is 103 Å². The van der Waals surface area contributed by atoms with Gasteiger partial charge in [0.1, 0.15) is 0 Å². The number of carbonyl (C=O) groups excluding carboxylic acids is 3. The molecule has 1 aromatic carbocycles. The number of halogens is 3. The molecule has 0 aliphatic rings. The largest absolute Gasteiger partial charge is 0.479 e. The van der Waals surface area contributed by atoms with Crippen LogP contribution in [0, 0.1) is 16.6 Å². The van der Waals surface area contributed by atoms with Crippen molar-refractivity contribution in [1.82, 2.24) is 0 Å². The maximum absolute atomic E-state index is 13.0. The Morgan fingerprint density at radius 3 is 1.67 bits per heavy atom. The number of carboxylic acids is 1. The van der Waals surface area contributed by atoms with E-state index in [0.717, 1.165) is 12.8 Å². The first-order valence-corrected chi connectivity index (χ1v) is 12.4. The number of esters is 1. The zero-order valence-corrected chi connectivity index (χ0v) is 23.4. The average molecular weight is 756 g/mol. The summed E-state index contributed by atoms with van der Waals surface area (Å²) in [5.41, 5.74) is 0.804. The Morgan fingerprint density at radius 1 is 0.900 bits per heavy atom. The lowest BCUT2D eigenvalue weighted by Gasteiger charge is -2.22. The fourth-order valence-electron chi connectivity index (χ4n) is 2.73. The van der Waals surface area contributed by atoms with E-state index < -0.39 is 18.0 Å². The number of aliphatic carboxylic acids is 1. The van der Waals surface area contributed by atoms with Gasteiger partial charge in [-0.1, -0.05) is 26.7 Å². The van der Waals surface area contributed by atoms with Crippen LogP contribution in [0.3, 0.4) is 0 Å². The van der Waals surface area contributed by atoms with E-state index in [1.807, 2.05) is 81.6 Å². The lowest BCUT2D eigenvalue weighted by Crippen LogP contribution is -2.30. The van der Waals surface area contributed by atoms with Crippen LogP contribution in [0.4, 0.5) is 11.4 Å². The molecule has 0 bridgehead atoms. The number of hydrogen-bond acceptors (Lipinski definition) is 5. The standard InChI is InChI=1S/C19H23I3N2O6/c1-5-10(6-2)7-11(18(27)28)30-19(29)12-13(20)16(23-8(3)25)15(22)17(14(12)21)24-9(4)26/h10-11H,5-7H2,1-4H3,(H,23,25)(H,24,26)(H,27,28). The number of carbonyl (C=O) groups is 4. The molecule has 1 rings (SSSR count). The van der Waals surface area contributed by atoms with Crippen molar-refractivity contribution in [2.45, 2.75) is 53.1 Å². The molecule has 0 heterocycles. The van der Waals surface area contributed by atoms with Crippen molar-refractivity contribution in [3.05, 3.63) is 16.3 Å². The third-order valence-corrected chi connectivity index (χ3v) is 7.59. The molecule has 11 heteroatoms. The molecular formula is C19H23I3N2O6. The van der Waals surface area contributed by atoms with Gasteiger partial charge >= 0.3 is 11.9 Å². The van der Waals surface area contributed by atoms with Crippen molar-refractivity contribution in [3.8, 4) is 0 Å². The van der Waals surface area contributed by atoms with Gasteiger partial charge in [0.15, 0.2) is 6.10 Å². The third-order valence-electron chi connectivity index (χ3n) is 4.35. The van der Waals surface area contributed by atoms with E-state index in [-0.39, 0.29) is 29.7 Å². The lowest BCUT2D eigenvalue weighted by atomic mass is 9.96. The lowest BCUT2D eigenvalue weighted by molar-refractivity contribution is -0.148. The van der Waals surface area contributed by atoms with Gasteiger partial charge in [0, 0.05) is 13.8 Å². The van der Waals surface area contributed by atoms with Gasteiger partial charge in [-0.15, -0.1) is 0 Å². The molecule has 0 fully saturated rings. The summed E-state index contributed by atoms with van der Waals surface area (Å²) in [6.07, 6.45) is 0.468. The number of carboxylic acid groups (broad SMARTS) is 1. The van der Waals surface area contributed by atoms with E-state index in [1.165, 1.54) is 13.8 Å². The van der Waals surface area contributed by atoms with Gasteiger partial charge in [-0.3, -0.25) is 9.59 Å². The van der Waals surface area contributed by atoms with Crippen LogP contribution in [0.5, 0.6) is 0 Å². The number of anilines is 2. The summed E-state index contributed by atoms with van der Waals surface area (Å²) in [6, 6.07) is 0. The van der Waals surface area contributed by atoms with Gasteiger partial charge in [-0.25, -0.2) is 9.59 Å². The first-order valence-electron chi connectivity index (χ1n) is 9.13. The highest BCUT2D eigenvalue weighted by atomic mass is 127. The minimum atomic E-state index is -1.29. The molecule has 166 valence electrons. The summed E-state index contributed by atoms with van der Waals surface area (Å²) in [7, 11) is 0. The van der Waals surface area contributed by atoms with Crippen molar-refractivity contribution in [3.63, 3.8) is 0 Å². The Morgan fingerprint density at radius 2 is 1.33 bits per heavy atom. The van der Waals surface area contributed by atoms with E-state index in [2.05, 4.69) is 10.6 Å². The third kappa shape index (κ3) is 7.17. The number of rotatable bonds is 9. The molecule has 0 aromatic heterocycles. The summed E-state index contributed by atoms with van der Waals surface area (Å²) in [5, 5.41) is 14.9. The van der Waals surface area contributed by atoms with Gasteiger partial charge in [-0.2, -0.15) is 0 Å². The predicted octanol–water partition coefficient (Wildman–Crippen LogP) is 4.85. The number of hydrogen-bond donors (Lipinski definition) is 3. The first kappa shape index (κ1) is 27.3. The van der Waals surface area contributed by atoms with Crippen molar-refractivity contribution in [2.75, 3.05) is 10.6 Å². The molecule has 1 atom stereocenters. The smallest absolute Gasteiger partial charge is 0.345 e. The molecule has 0 aliphatic carbocycles. The van der Waals surface area contributed by atoms with Gasteiger partial charge in [0.05, 0.1) is 27.6 Å². The molecule has 30 heavy (non-hydrogen) atoms. The van der Waals surface area contributed by atoms with E-state index >= 15 is 0 Å². The zero-order chi connectivity index (χ0) is 23.2. The first-order chi connectivity index (χ1) is 13.9. The fraction of sp³-hybridized carbons (Fsp3) is 0.474. The Bertz CT molecular complexity index is 812. The van der Waals surface area contributed by atoms with E-state index in [4.69, 9.17) is 4.74 Å². The molecule has 0 saturated heterocycles. The summed E-state index contributed by atoms with van der Waals surface area (Å²) >= 11 is 5.80. The van der Waals surface area contributed by atoms with Crippen LogP contribution in [-0.2, 0) is 19.1 Å². The molecule has 0 aliphatic heterocycles. The molecular weight excluding hydrogens is 733 g/mol. The number of amides is 2. The molecule has 3 N–H and O–H groups in total. The molecule has 0 saturated carbocycles. The van der Waals surface area contributed by atoms with Gasteiger partial charge in [0.25, 0.3) is 0 Å². The minimum Gasteiger partial charge on any atom is -0.479 e. The normalized spacial score (nSPS) is 11.7. The molecule has 8 nitrogen and oxygen atoms in total. The van der Waals surface area contributed by atoms with E-state index in [0.29, 0.717) is 22.1 Å². The second kappa shape index (κ2) is 12.4. The van der Waals surface area contributed by atoms with Crippen molar-refractivity contribution in [2.24, 2.45) is 5.92 Å². The molecule has 2 amide bonds. The number of benzene rings is 1. The van der Waals surface area contributed by atoms with Gasteiger partial charge in [-0.05, 0) is 80.1 Å². The summed E-state index contributed by atoms with van der Waals surface area (Å²) in [5.74, 6) is -2.63. The highest BCUT2D eigenvalue weighted by molar-refractivity contribution is 14.1.